The fourth-order valence-corrected chi connectivity index (χ4v) is 2.12. The van der Waals surface area contributed by atoms with Crippen molar-refractivity contribution in [3.8, 4) is 0 Å². The molecule has 3 heteroatoms. The topological polar surface area (TPSA) is 38.1 Å². The lowest BCUT2D eigenvalue weighted by Gasteiger charge is -2.21. The summed E-state index contributed by atoms with van der Waals surface area (Å²) in [7, 11) is 0. The van der Waals surface area contributed by atoms with Crippen molar-refractivity contribution in [1.82, 2.24) is 10.3 Å². The molecule has 1 aliphatic heterocycles. The molecule has 3 nitrogen and oxygen atoms in total. The lowest BCUT2D eigenvalue weighted by molar-refractivity contribution is 0.368. The highest BCUT2D eigenvalue weighted by atomic mass is 16.4. The fourth-order valence-electron chi connectivity index (χ4n) is 2.12. The van der Waals surface area contributed by atoms with Crippen molar-refractivity contribution < 1.29 is 4.42 Å². The molecule has 0 aromatic carbocycles. The van der Waals surface area contributed by atoms with Crippen LogP contribution in [0.2, 0.25) is 0 Å². The summed E-state index contributed by atoms with van der Waals surface area (Å²) < 4.78 is 5.43. The van der Waals surface area contributed by atoms with E-state index in [1.54, 1.807) is 0 Å². The fraction of sp³-hybridized carbons (Fsp3) is 0.727. The van der Waals surface area contributed by atoms with Gasteiger partial charge in [-0.3, -0.25) is 0 Å². The molecule has 0 atom stereocenters. The largest absolute Gasteiger partial charge is 0.446 e. The molecule has 0 spiro atoms. The van der Waals surface area contributed by atoms with Crippen molar-refractivity contribution >= 4 is 0 Å². The van der Waals surface area contributed by atoms with Crippen molar-refractivity contribution in [3.05, 3.63) is 17.3 Å². The van der Waals surface area contributed by atoms with Gasteiger partial charge in [0.05, 0.1) is 5.69 Å². The number of hydrogen-bond donors (Lipinski definition) is 1. The molecule has 1 aromatic rings. The first-order valence-corrected chi connectivity index (χ1v) is 5.39. The number of nitrogens with zero attached hydrogens (tertiary/aromatic N) is 1. The molecule has 14 heavy (non-hydrogen) atoms. The Morgan fingerprint density at radius 3 is 2.64 bits per heavy atom. The molecule has 0 radical (unpaired) electrons. The SMILES string of the molecule is Cc1nc(CC2CCNCC2)c(C)o1. The quantitative estimate of drug-likeness (QED) is 0.780. The Balaban J connectivity index is 1.98. The van der Waals surface area contributed by atoms with Crippen LogP contribution < -0.4 is 5.32 Å². The molecule has 78 valence electrons. The maximum Gasteiger partial charge on any atom is 0.191 e. The predicted molar refractivity (Wildman–Crippen MR) is 55.3 cm³/mol. The van der Waals surface area contributed by atoms with Gasteiger partial charge in [-0.15, -0.1) is 0 Å². The Morgan fingerprint density at radius 2 is 2.07 bits per heavy atom. The summed E-state index contributed by atoms with van der Waals surface area (Å²) in [5, 5.41) is 3.38. The van der Waals surface area contributed by atoms with Crippen LogP contribution >= 0.6 is 0 Å². The zero-order valence-corrected chi connectivity index (χ0v) is 8.97. The van der Waals surface area contributed by atoms with Gasteiger partial charge in [0.25, 0.3) is 0 Å². The minimum absolute atomic E-state index is 0.791. The van der Waals surface area contributed by atoms with Crippen LogP contribution in [0.4, 0.5) is 0 Å². The lowest BCUT2D eigenvalue weighted by Crippen LogP contribution is -2.28. The molecule has 2 heterocycles. The second kappa shape index (κ2) is 4.13. The van der Waals surface area contributed by atoms with Gasteiger partial charge in [0.1, 0.15) is 5.76 Å². The monoisotopic (exact) mass is 194 g/mol. The standard InChI is InChI=1S/C11H18N2O/c1-8-11(13-9(2)14-8)7-10-3-5-12-6-4-10/h10,12H,3-7H2,1-2H3. The summed E-state index contributed by atoms with van der Waals surface area (Å²) in [6, 6.07) is 0. The first-order valence-electron chi connectivity index (χ1n) is 5.39. The van der Waals surface area contributed by atoms with Gasteiger partial charge in [0.15, 0.2) is 5.89 Å². The van der Waals surface area contributed by atoms with Crippen LogP contribution in [0.1, 0.15) is 30.2 Å². The minimum atomic E-state index is 0.791. The van der Waals surface area contributed by atoms with Crippen LogP contribution in [0.3, 0.4) is 0 Å². The molecular weight excluding hydrogens is 176 g/mol. The highest BCUT2D eigenvalue weighted by Gasteiger charge is 2.16. The molecule has 0 amide bonds. The summed E-state index contributed by atoms with van der Waals surface area (Å²) in [5.74, 6) is 2.59. The summed E-state index contributed by atoms with van der Waals surface area (Å²) in [4.78, 5) is 4.42. The van der Waals surface area contributed by atoms with E-state index >= 15 is 0 Å². The Morgan fingerprint density at radius 1 is 1.36 bits per heavy atom. The third kappa shape index (κ3) is 2.15. The molecule has 1 saturated heterocycles. The highest BCUT2D eigenvalue weighted by molar-refractivity contribution is 5.08. The number of aryl methyl sites for hydroxylation is 2. The van der Waals surface area contributed by atoms with Crippen LogP contribution in [0.25, 0.3) is 0 Å². The van der Waals surface area contributed by atoms with E-state index in [1.807, 2.05) is 13.8 Å². The van der Waals surface area contributed by atoms with Gasteiger partial charge in [-0.05, 0) is 45.2 Å². The first kappa shape index (κ1) is 9.71. The second-order valence-corrected chi connectivity index (χ2v) is 4.13. The Labute approximate surface area is 84.9 Å². The van der Waals surface area contributed by atoms with E-state index in [1.165, 1.54) is 12.8 Å². The van der Waals surface area contributed by atoms with E-state index in [4.69, 9.17) is 4.42 Å². The third-order valence-electron chi connectivity index (χ3n) is 2.94. The Bertz CT molecular complexity index is 300. The van der Waals surface area contributed by atoms with Crippen molar-refractivity contribution in [2.75, 3.05) is 13.1 Å². The van der Waals surface area contributed by atoms with Crippen molar-refractivity contribution in [1.29, 1.82) is 0 Å². The highest BCUT2D eigenvalue weighted by Crippen LogP contribution is 2.20. The normalized spacial score (nSPS) is 18.7. The number of rotatable bonds is 2. The number of hydrogen-bond acceptors (Lipinski definition) is 3. The van der Waals surface area contributed by atoms with Gasteiger partial charge in [-0.1, -0.05) is 0 Å². The number of aromatic nitrogens is 1. The smallest absolute Gasteiger partial charge is 0.191 e. The number of piperidine rings is 1. The zero-order chi connectivity index (χ0) is 9.97. The maximum atomic E-state index is 5.43. The van der Waals surface area contributed by atoms with E-state index in [0.717, 1.165) is 42.8 Å². The molecule has 0 saturated carbocycles. The minimum Gasteiger partial charge on any atom is -0.446 e. The van der Waals surface area contributed by atoms with Crippen LogP contribution in [-0.2, 0) is 6.42 Å². The van der Waals surface area contributed by atoms with Crippen molar-refractivity contribution in [2.24, 2.45) is 5.92 Å². The molecule has 1 N–H and O–H groups in total. The maximum absolute atomic E-state index is 5.43. The Hall–Kier alpha value is -0.830. The third-order valence-corrected chi connectivity index (χ3v) is 2.94. The van der Waals surface area contributed by atoms with Gasteiger partial charge < -0.3 is 9.73 Å². The lowest BCUT2D eigenvalue weighted by atomic mass is 9.93. The summed E-state index contributed by atoms with van der Waals surface area (Å²) in [6.45, 7) is 6.23. The number of nitrogens with one attached hydrogen (secondary N) is 1. The van der Waals surface area contributed by atoms with Crippen LogP contribution in [0.15, 0.2) is 4.42 Å². The van der Waals surface area contributed by atoms with Gasteiger partial charge >= 0.3 is 0 Å². The van der Waals surface area contributed by atoms with Crippen molar-refractivity contribution in [3.63, 3.8) is 0 Å². The molecule has 1 aliphatic rings. The molecule has 1 fully saturated rings. The molecule has 1 aromatic heterocycles. The van der Waals surface area contributed by atoms with E-state index in [9.17, 15) is 0 Å². The van der Waals surface area contributed by atoms with Gasteiger partial charge in [0, 0.05) is 6.92 Å². The van der Waals surface area contributed by atoms with Crippen molar-refractivity contribution in [2.45, 2.75) is 33.1 Å². The summed E-state index contributed by atoms with van der Waals surface area (Å²) >= 11 is 0. The van der Waals surface area contributed by atoms with Gasteiger partial charge in [-0.2, -0.15) is 0 Å². The van der Waals surface area contributed by atoms with E-state index in [2.05, 4.69) is 10.3 Å². The molecule has 2 rings (SSSR count). The summed E-state index contributed by atoms with van der Waals surface area (Å²) in [5.41, 5.74) is 1.16. The number of oxazole rings is 1. The van der Waals surface area contributed by atoms with E-state index in [0.29, 0.717) is 0 Å². The second-order valence-electron chi connectivity index (χ2n) is 4.13. The molecule has 0 unspecified atom stereocenters. The van der Waals surface area contributed by atoms with Crippen LogP contribution in [0.5, 0.6) is 0 Å². The Kier molecular flexibility index (Phi) is 2.87. The molecule has 0 bridgehead atoms. The van der Waals surface area contributed by atoms with E-state index < -0.39 is 0 Å². The van der Waals surface area contributed by atoms with Crippen LogP contribution in [-0.4, -0.2) is 18.1 Å². The average Bonchev–Trinajstić information content (AvgIpc) is 2.47. The predicted octanol–water partition coefficient (Wildman–Crippen LogP) is 1.83. The van der Waals surface area contributed by atoms with E-state index in [-0.39, 0.29) is 0 Å². The molecular formula is C11H18N2O. The summed E-state index contributed by atoms with van der Waals surface area (Å²) in [6.07, 6.45) is 3.63. The van der Waals surface area contributed by atoms with Gasteiger partial charge in [0.2, 0.25) is 0 Å². The van der Waals surface area contributed by atoms with Crippen LogP contribution in [0, 0.1) is 19.8 Å². The zero-order valence-electron chi connectivity index (χ0n) is 8.97. The van der Waals surface area contributed by atoms with Gasteiger partial charge in [-0.25, -0.2) is 4.98 Å². The molecule has 0 aliphatic carbocycles. The first-order chi connectivity index (χ1) is 6.75. The average molecular weight is 194 g/mol.